The Hall–Kier alpha value is -0.960. The minimum absolute atomic E-state index is 0.0659. The van der Waals surface area contributed by atoms with Crippen LogP contribution in [-0.2, 0) is 16.6 Å². The monoisotopic (exact) mass is 302 g/mol. The van der Waals surface area contributed by atoms with E-state index < -0.39 is 10.0 Å². The lowest BCUT2D eigenvalue weighted by atomic mass is 10.1. The summed E-state index contributed by atoms with van der Waals surface area (Å²) in [6.07, 6.45) is 3.77. The third-order valence-electron chi connectivity index (χ3n) is 3.63. The summed E-state index contributed by atoms with van der Waals surface area (Å²) in [4.78, 5) is 2.47. The maximum atomic E-state index is 12.1. The molecular formula is C12H22N4O3S. The predicted molar refractivity (Wildman–Crippen MR) is 74.7 cm³/mol. The molecule has 1 aliphatic rings. The van der Waals surface area contributed by atoms with E-state index in [1.807, 2.05) is 0 Å². The molecule has 0 amide bonds. The van der Waals surface area contributed by atoms with Gasteiger partial charge in [0.1, 0.15) is 4.90 Å². The maximum absolute atomic E-state index is 12.1. The van der Waals surface area contributed by atoms with Crippen LogP contribution >= 0.6 is 0 Å². The van der Waals surface area contributed by atoms with Crippen LogP contribution in [0.5, 0.6) is 0 Å². The Morgan fingerprint density at radius 3 is 3.00 bits per heavy atom. The van der Waals surface area contributed by atoms with Crippen LogP contribution in [0.1, 0.15) is 13.3 Å². The van der Waals surface area contributed by atoms with E-state index in [0.717, 1.165) is 26.1 Å². The van der Waals surface area contributed by atoms with E-state index in [4.69, 9.17) is 5.11 Å². The summed E-state index contributed by atoms with van der Waals surface area (Å²) in [6.45, 7) is 5.80. The number of rotatable bonds is 7. The average Bonchev–Trinajstić information content (AvgIpc) is 3.06. The van der Waals surface area contributed by atoms with Gasteiger partial charge in [-0.1, -0.05) is 6.92 Å². The third kappa shape index (κ3) is 3.78. The van der Waals surface area contributed by atoms with Crippen LogP contribution in [0.25, 0.3) is 0 Å². The van der Waals surface area contributed by atoms with Gasteiger partial charge in [0, 0.05) is 19.3 Å². The van der Waals surface area contributed by atoms with Crippen molar-refractivity contribution in [2.45, 2.75) is 24.8 Å². The Balaban J connectivity index is 1.90. The minimum Gasteiger partial charge on any atom is -0.394 e. The third-order valence-corrected chi connectivity index (χ3v) is 5.01. The van der Waals surface area contributed by atoms with Gasteiger partial charge >= 0.3 is 0 Å². The first-order chi connectivity index (χ1) is 9.55. The molecule has 2 rings (SSSR count). The van der Waals surface area contributed by atoms with Gasteiger partial charge in [-0.25, -0.2) is 13.1 Å². The smallest absolute Gasteiger partial charge is 0.243 e. The molecule has 1 saturated heterocycles. The van der Waals surface area contributed by atoms with Crippen molar-refractivity contribution < 1.29 is 13.5 Å². The highest BCUT2D eigenvalue weighted by Crippen LogP contribution is 2.16. The molecule has 20 heavy (non-hydrogen) atoms. The van der Waals surface area contributed by atoms with Gasteiger partial charge in [-0.3, -0.25) is 4.68 Å². The molecule has 0 aromatic carbocycles. The highest BCUT2D eigenvalue weighted by Gasteiger charge is 2.24. The zero-order valence-electron chi connectivity index (χ0n) is 11.7. The number of sulfonamides is 1. The molecule has 1 aromatic heterocycles. The van der Waals surface area contributed by atoms with Crippen molar-refractivity contribution >= 4 is 10.0 Å². The molecule has 0 bridgehead atoms. The second kappa shape index (κ2) is 6.66. The normalized spacial score (nSPS) is 20.6. The van der Waals surface area contributed by atoms with Crippen LogP contribution in [0.2, 0.25) is 0 Å². The van der Waals surface area contributed by atoms with Crippen LogP contribution in [0.3, 0.4) is 0 Å². The van der Waals surface area contributed by atoms with Crippen LogP contribution in [0.15, 0.2) is 17.3 Å². The zero-order valence-corrected chi connectivity index (χ0v) is 12.5. The van der Waals surface area contributed by atoms with Crippen molar-refractivity contribution in [3.8, 4) is 0 Å². The van der Waals surface area contributed by atoms with Crippen molar-refractivity contribution in [1.29, 1.82) is 0 Å². The fraction of sp³-hybridized carbons (Fsp3) is 0.750. The van der Waals surface area contributed by atoms with Gasteiger partial charge in [-0.15, -0.1) is 0 Å². The molecule has 1 atom stereocenters. The van der Waals surface area contributed by atoms with Crippen molar-refractivity contribution in [3.63, 3.8) is 0 Å². The van der Waals surface area contributed by atoms with Crippen molar-refractivity contribution in [2.24, 2.45) is 5.92 Å². The quantitative estimate of drug-likeness (QED) is 0.709. The largest absolute Gasteiger partial charge is 0.394 e. The number of aliphatic hydroxyl groups is 1. The lowest BCUT2D eigenvalue weighted by Gasteiger charge is -2.13. The minimum atomic E-state index is -3.50. The standard InChI is InChI=1S/C12H22N4O3S/c1-2-15-4-3-11(9-15)7-14-20(18,19)12-8-13-16(10-12)5-6-17/h8,10-11,14,17H,2-7,9H2,1H3. The van der Waals surface area contributed by atoms with E-state index >= 15 is 0 Å². The Bertz CT molecular complexity index is 529. The van der Waals surface area contributed by atoms with Crippen LogP contribution in [0, 0.1) is 5.92 Å². The van der Waals surface area contributed by atoms with Gasteiger partial charge in [0.25, 0.3) is 0 Å². The number of nitrogens with one attached hydrogen (secondary N) is 1. The van der Waals surface area contributed by atoms with Gasteiger partial charge in [0.05, 0.1) is 19.3 Å². The number of hydrogen-bond acceptors (Lipinski definition) is 5. The molecule has 7 nitrogen and oxygen atoms in total. The molecule has 0 radical (unpaired) electrons. The first-order valence-electron chi connectivity index (χ1n) is 6.90. The molecule has 1 unspecified atom stereocenters. The molecule has 2 N–H and O–H groups in total. The summed E-state index contributed by atoms with van der Waals surface area (Å²) in [5.74, 6) is 0.372. The fourth-order valence-electron chi connectivity index (χ4n) is 2.39. The summed E-state index contributed by atoms with van der Waals surface area (Å²) >= 11 is 0. The van der Waals surface area contributed by atoms with Gasteiger partial charge in [0.15, 0.2) is 0 Å². The highest BCUT2D eigenvalue weighted by molar-refractivity contribution is 7.89. The second-order valence-corrected chi connectivity index (χ2v) is 6.83. The molecule has 2 heterocycles. The molecule has 0 saturated carbocycles. The van der Waals surface area contributed by atoms with Crippen LogP contribution < -0.4 is 4.72 Å². The number of aliphatic hydroxyl groups excluding tert-OH is 1. The average molecular weight is 302 g/mol. The van der Waals surface area contributed by atoms with Crippen molar-refractivity contribution in [1.82, 2.24) is 19.4 Å². The maximum Gasteiger partial charge on any atom is 0.243 e. The van der Waals surface area contributed by atoms with E-state index in [9.17, 15) is 8.42 Å². The van der Waals surface area contributed by atoms with Gasteiger partial charge < -0.3 is 10.0 Å². The molecule has 0 spiro atoms. The van der Waals surface area contributed by atoms with E-state index in [0.29, 0.717) is 19.0 Å². The Morgan fingerprint density at radius 1 is 1.55 bits per heavy atom. The Morgan fingerprint density at radius 2 is 2.35 bits per heavy atom. The van der Waals surface area contributed by atoms with E-state index in [2.05, 4.69) is 21.6 Å². The lowest BCUT2D eigenvalue weighted by molar-refractivity contribution is 0.269. The zero-order chi connectivity index (χ0) is 14.6. The Labute approximate surface area is 119 Å². The number of likely N-dealkylation sites (tertiary alicyclic amines) is 1. The molecule has 0 aliphatic carbocycles. The van der Waals surface area contributed by atoms with E-state index in [-0.39, 0.29) is 11.5 Å². The second-order valence-electron chi connectivity index (χ2n) is 5.06. The molecule has 1 fully saturated rings. The van der Waals surface area contributed by atoms with Crippen molar-refractivity contribution in [2.75, 3.05) is 32.8 Å². The molecule has 1 aliphatic heterocycles. The molecule has 1 aromatic rings. The lowest BCUT2D eigenvalue weighted by Crippen LogP contribution is -2.31. The molecule has 8 heteroatoms. The summed E-state index contributed by atoms with van der Waals surface area (Å²) in [5, 5.41) is 12.7. The first kappa shape index (κ1) is 15.4. The fourth-order valence-corrected chi connectivity index (χ4v) is 3.45. The van der Waals surface area contributed by atoms with Crippen LogP contribution in [-0.4, -0.2) is 61.0 Å². The molecular weight excluding hydrogens is 280 g/mol. The Kier molecular flexibility index (Phi) is 5.14. The van der Waals surface area contributed by atoms with E-state index in [1.54, 1.807) is 0 Å². The topological polar surface area (TPSA) is 87.5 Å². The van der Waals surface area contributed by atoms with E-state index in [1.165, 1.54) is 17.1 Å². The van der Waals surface area contributed by atoms with Crippen molar-refractivity contribution in [3.05, 3.63) is 12.4 Å². The number of aromatic nitrogens is 2. The van der Waals surface area contributed by atoms with Gasteiger partial charge in [-0.2, -0.15) is 5.10 Å². The summed E-state index contributed by atoms with van der Waals surface area (Å²) in [5.41, 5.74) is 0. The predicted octanol–water partition coefficient (Wildman–Crippen LogP) is -0.504. The number of hydrogen-bond donors (Lipinski definition) is 2. The SMILES string of the molecule is CCN1CCC(CNS(=O)(=O)c2cnn(CCO)c2)C1. The van der Waals surface area contributed by atoms with Gasteiger partial charge in [-0.05, 0) is 25.4 Å². The molecule has 114 valence electrons. The first-order valence-corrected chi connectivity index (χ1v) is 8.39. The van der Waals surface area contributed by atoms with Crippen LogP contribution in [0.4, 0.5) is 0 Å². The highest BCUT2D eigenvalue weighted by atomic mass is 32.2. The van der Waals surface area contributed by atoms with Gasteiger partial charge in [0.2, 0.25) is 10.0 Å². The summed E-state index contributed by atoms with van der Waals surface area (Å²) in [6, 6.07) is 0. The number of nitrogens with zero attached hydrogens (tertiary/aromatic N) is 3. The summed E-state index contributed by atoms with van der Waals surface area (Å²) in [7, 11) is -3.50. The summed E-state index contributed by atoms with van der Waals surface area (Å²) < 4.78 is 28.3.